The van der Waals surface area contributed by atoms with E-state index in [1.165, 1.54) is 4.90 Å². The van der Waals surface area contributed by atoms with Gasteiger partial charge in [0.2, 0.25) is 0 Å². The molecule has 0 radical (unpaired) electrons. The second-order valence-corrected chi connectivity index (χ2v) is 3.08. The van der Waals surface area contributed by atoms with Crippen molar-refractivity contribution in [3.05, 3.63) is 0 Å². The first kappa shape index (κ1) is 8.84. The zero-order valence-electron chi connectivity index (χ0n) is 6.49. The van der Waals surface area contributed by atoms with Crippen LogP contribution in [0.1, 0.15) is 19.8 Å². The van der Waals surface area contributed by atoms with E-state index >= 15 is 0 Å². The van der Waals surface area contributed by atoms with E-state index in [0.717, 1.165) is 12.8 Å². The van der Waals surface area contributed by atoms with Gasteiger partial charge in [0, 0.05) is 6.04 Å². The first-order valence-corrected chi connectivity index (χ1v) is 3.80. The van der Waals surface area contributed by atoms with Gasteiger partial charge in [-0.2, -0.15) is 13.2 Å². The molecule has 66 valence electrons. The molecule has 0 N–H and O–H groups in total. The lowest BCUT2D eigenvalue weighted by molar-refractivity contribution is -0.146. The van der Waals surface area contributed by atoms with Crippen molar-refractivity contribution in [2.24, 2.45) is 0 Å². The Hall–Kier alpha value is -0.250. The van der Waals surface area contributed by atoms with Crippen LogP contribution in [0.2, 0.25) is 0 Å². The lowest BCUT2D eigenvalue weighted by Gasteiger charge is -2.21. The Balaban J connectivity index is 2.37. The van der Waals surface area contributed by atoms with Crippen LogP contribution >= 0.6 is 0 Å². The van der Waals surface area contributed by atoms with Gasteiger partial charge in [0.05, 0.1) is 6.54 Å². The molecule has 1 atom stereocenters. The lowest BCUT2D eigenvalue weighted by Crippen LogP contribution is -2.36. The summed E-state index contributed by atoms with van der Waals surface area (Å²) in [6.45, 7) is 1.70. The van der Waals surface area contributed by atoms with Gasteiger partial charge >= 0.3 is 6.18 Å². The van der Waals surface area contributed by atoms with Gasteiger partial charge in [0.25, 0.3) is 0 Å². The number of hydrogen-bond donors (Lipinski definition) is 0. The fourth-order valence-corrected chi connectivity index (χ4v) is 1.46. The molecule has 1 saturated heterocycles. The van der Waals surface area contributed by atoms with Gasteiger partial charge in [-0.15, -0.1) is 0 Å². The SMILES string of the molecule is C[C@@H]1CCCN1CC(F)(F)F. The number of hydrogen-bond acceptors (Lipinski definition) is 1. The standard InChI is InChI=1S/C7H12F3N/c1-6-3-2-4-11(6)5-7(8,9)10/h6H,2-5H2,1H3/t6-/m1/s1. The summed E-state index contributed by atoms with van der Waals surface area (Å²) in [6.07, 6.45) is -2.23. The quantitative estimate of drug-likeness (QED) is 0.577. The molecule has 0 aromatic rings. The van der Waals surface area contributed by atoms with Crippen LogP contribution in [-0.2, 0) is 0 Å². The van der Waals surface area contributed by atoms with Crippen LogP contribution in [0, 0.1) is 0 Å². The molecular formula is C7H12F3N. The van der Waals surface area contributed by atoms with Crippen LogP contribution in [0.15, 0.2) is 0 Å². The van der Waals surface area contributed by atoms with Gasteiger partial charge in [-0.25, -0.2) is 0 Å². The van der Waals surface area contributed by atoms with Gasteiger partial charge in [-0.3, -0.25) is 4.90 Å². The van der Waals surface area contributed by atoms with E-state index in [4.69, 9.17) is 0 Å². The fourth-order valence-electron chi connectivity index (χ4n) is 1.46. The highest BCUT2D eigenvalue weighted by Gasteiger charge is 2.34. The third-order valence-corrected chi connectivity index (χ3v) is 2.07. The minimum Gasteiger partial charge on any atom is -0.292 e. The molecule has 1 rings (SSSR count). The highest BCUT2D eigenvalue weighted by molar-refractivity contribution is 4.76. The molecule has 1 fully saturated rings. The summed E-state index contributed by atoms with van der Waals surface area (Å²) in [7, 11) is 0. The number of halogens is 3. The second-order valence-electron chi connectivity index (χ2n) is 3.08. The molecule has 11 heavy (non-hydrogen) atoms. The lowest BCUT2D eigenvalue weighted by atomic mass is 10.2. The van der Waals surface area contributed by atoms with Crippen molar-refractivity contribution in [3.63, 3.8) is 0 Å². The van der Waals surface area contributed by atoms with Crippen molar-refractivity contribution in [1.29, 1.82) is 0 Å². The Labute approximate surface area is 64.2 Å². The zero-order valence-corrected chi connectivity index (χ0v) is 6.49. The Kier molecular flexibility index (Phi) is 2.42. The zero-order chi connectivity index (χ0) is 8.48. The van der Waals surface area contributed by atoms with Gasteiger partial charge in [-0.1, -0.05) is 0 Å². The van der Waals surface area contributed by atoms with Crippen LogP contribution in [0.3, 0.4) is 0 Å². The van der Waals surface area contributed by atoms with E-state index in [-0.39, 0.29) is 6.04 Å². The summed E-state index contributed by atoms with van der Waals surface area (Å²) in [6, 6.07) is 0.108. The summed E-state index contributed by atoms with van der Waals surface area (Å²) in [5.41, 5.74) is 0. The number of likely N-dealkylation sites (tertiary alicyclic amines) is 1. The first-order chi connectivity index (χ1) is 4.99. The maximum atomic E-state index is 11.8. The molecule has 0 aliphatic carbocycles. The predicted octanol–water partition coefficient (Wildman–Crippen LogP) is 2.03. The van der Waals surface area contributed by atoms with E-state index in [1.807, 2.05) is 6.92 Å². The molecule has 1 heterocycles. The number of alkyl halides is 3. The van der Waals surface area contributed by atoms with Crippen molar-refractivity contribution in [2.75, 3.05) is 13.1 Å². The Bertz CT molecular complexity index is 132. The average Bonchev–Trinajstić information content (AvgIpc) is 2.12. The normalized spacial score (nSPS) is 27.8. The molecule has 0 aromatic heterocycles. The molecule has 0 aromatic carbocycles. The minimum atomic E-state index is -4.03. The maximum absolute atomic E-state index is 11.8. The van der Waals surface area contributed by atoms with Crippen LogP contribution in [0.25, 0.3) is 0 Å². The monoisotopic (exact) mass is 167 g/mol. The van der Waals surface area contributed by atoms with E-state index in [1.54, 1.807) is 0 Å². The molecule has 0 saturated carbocycles. The number of rotatable bonds is 1. The van der Waals surface area contributed by atoms with E-state index in [9.17, 15) is 13.2 Å². The Morgan fingerprint density at radius 3 is 2.45 bits per heavy atom. The van der Waals surface area contributed by atoms with Gasteiger partial charge in [0.1, 0.15) is 0 Å². The molecule has 0 unspecified atom stereocenters. The average molecular weight is 167 g/mol. The van der Waals surface area contributed by atoms with Crippen LogP contribution in [-0.4, -0.2) is 30.2 Å². The van der Waals surface area contributed by atoms with E-state index in [0.29, 0.717) is 6.54 Å². The van der Waals surface area contributed by atoms with Crippen LogP contribution < -0.4 is 0 Å². The maximum Gasteiger partial charge on any atom is 0.401 e. The molecule has 0 spiro atoms. The fraction of sp³-hybridized carbons (Fsp3) is 1.00. The number of nitrogens with zero attached hydrogens (tertiary/aromatic N) is 1. The summed E-state index contributed by atoms with van der Waals surface area (Å²) >= 11 is 0. The van der Waals surface area contributed by atoms with Crippen molar-refractivity contribution >= 4 is 0 Å². The van der Waals surface area contributed by atoms with Crippen molar-refractivity contribution in [1.82, 2.24) is 4.90 Å². The van der Waals surface area contributed by atoms with Crippen molar-refractivity contribution in [3.8, 4) is 0 Å². The molecule has 4 heteroatoms. The Morgan fingerprint density at radius 1 is 1.45 bits per heavy atom. The van der Waals surface area contributed by atoms with Crippen molar-refractivity contribution < 1.29 is 13.2 Å². The van der Waals surface area contributed by atoms with Crippen molar-refractivity contribution in [2.45, 2.75) is 32.0 Å². The minimum absolute atomic E-state index is 0.108. The first-order valence-electron chi connectivity index (χ1n) is 3.80. The molecular weight excluding hydrogens is 155 g/mol. The highest BCUT2D eigenvalue weighted by Crippen LogP contribution is 2.23. The van der Waals surface area contributed by atoms with Gasteiger partial charge < -0.3 is 0 Å². The summed E-state index contributed by atoms with van der Waals surface area (Å²) in [4.78, 5) is 1.49. The molecule has 1 aliphatic rings. The summed E-state index contributed by atoms with van der Waals surface area (Å²) in [5, 5.41) is 0. The Morgan fingerprint density at radius 2 is 2.09 bits per heavy atom. The van der Waals surface area contributed by atoms with E-state index < -0.39 is 12.7 Å². The molecule has 0 bridgehead atoms. The summed E-state index contributed by atoms with van der Waals surface area (Å²) < 4.78 is 35.5. The van der Waals surface area contributed by atoms with E-state index in [2.05, 4.69) is 0 Å². The van der Waals surface area contributed by atoms with Gasteiger partial charge in [-0.05, 0) is 26.3 Å². The summed E-state index contributed by atoms with van der Waals surface area (Å²) in [5.74, 6) is 0. The second kappa shape index (κ2) is 3.01. The molecule has 1 aliphatic heterocycles. The third kappa shape index (κ3) is 2.69. The van der Waals surface area contributed by atoms with Crippen LogP contribution in [0.4, 0.5) is 13.2 Å². The largest absolute Gasteiger partial charge is 0.401 e. The van der Waals surface area contributed by atoms with Gasteiger partial charge in [0.15, 0.2) is 0 Å². The molecule has 0 amide bonds. The third-order valence-electron chi connectivity index (χ3n) is 2.07. The predicted molar refractivity (Wildman–Crippen MR) is 36.3 cm³/mol. The van der Waals surface area contributed by atoms with Crippen LogP contribution in [0.5, 0.6) is 0 Å². The molecule has 1 nitrogen and oxygen atoms in total. The highest BCUT2D eigenvalue weighted by atomic mass is 19.4. The topological polar surface area (TPSA) is 3.24 Å². The smallest absolute Gasteiger partial charge is 0.292 e.